The van der Waals surface area contributed by atoms with Gasteiger partial charge < -0.3 is 8.83 Å². The predicted molar refractivity (Wildman–Crippen MR) is 192 cm³/mol. The molecule has 0 atom stereocenters. The lowest BCUT2D eigenvalue weighted by atomic mass is 9.85. The molecule has 0 N–H and O–H groups in total. The van der Waals surface area contributed by atoms with Gasteiger partial charge in [0.05, 0.1) is 0 Å². The summed E-state index contributed by atoms with van der Waals surface area (Å²) in [7, 11) is 0. The van der Waals surface area contributed by atoms with Crippen molar-refractivity contribution in [1.29, 1.82) is 0 Å². The van der Waals surface area contributed by atoms with Gasteiger partial charge >= 0.3 is 0 Å². The first kappa shape index (κ1) is 25.2. The number of benzene rings is 8. The second-order valence-electron chi connectivity index (χ2n) is 12.0. The summed E-state index contributed by atoms with van der Waals surface area (Å²) in [5.74, 6) is 0. The van der Waals surface area contributed by atoms with Crippen LogP contribution in [0.3, 0.4) is 0 Å². The minimum absolute atomic E-state index is 0.865. The normalized spacial score (nSPS) is 11.9. The van der Waals surface area contributed by atoms with E-state index in [-0.39, 0.29) is 0 Å². The number of hydrogen-bond donors (Lipinski definition) is 0. The van der Waals surface area contributed by atoms with E-state index in [1.165, 1.54) is 43.8 Å². The maximum absolute atomic E-state index is 6.79. The van der Waals surface area contributed by atoms with Gasteiger partial charge in [0, 0.05) is 32.7 Å². The second-order valence-corrected chi connectivity index (χ2v) is 12.0. The van der Waals surface area contributed by atoms with Crippen LogP contribution in [0.5, 0.6) is 0 Å². The molecule has 0 fully saturated rings. The lowest BCUT2D eigenvalue weighted by Gasteiger charge is -2.18. The van der Waals surface area contributed by atoms with Gasteiger partial charge in [0.2, 0.25) is 0 Å². The zero-order valence-corrected chi connectivity index (χ0v) is 24.8. The number of furan rings is 2. The van der Waals surface area contributed by atoms with Gasteiger partial charge in [-0.1, -0.05) is 140 Å². The maximum Gasteiger partial charge on any atom is 0.144 e. The average Bonchev–Trinajstić information content (AvgIpc) is 3.69. The molecule has 0 unspecified atom stereocenters. The SMILES string of the molecule is c1ccc(-c2ccc(-c3c4ccccc4c(-c4cc5oc6ccccc6c5c5c4oc4ccccc45)c4ccccc34)cc2)cc1. The Hall–Kier alpha value is -6.12. The molecule has 0 saturated heterocycles. The molecule has 2 heteroatoms. The van der Waals surface area contributed by atoms with E-state index >= 15 is 0 Å². The fourth-order valence-corrected chi connectivity index (χ4v) is 7.48. The third kappa shape index (κ3) is 3.59. The molecule has 0 radical (unpaired) electrons. The standard InChI is InChI=1S/C44H26O2/c1-2-12-27(13-3-1)28-22-24-29(25-23-28)40-30-14-4-6-16-32(30)41(33-17-7-5-15-31(33)40)36-26-39-42(34-18-8-10-20-37(34)45-39)43-35-19-9-11-21-38(35)46-44(36)43/h1-26H. The molecule has 2 aromatic heterocycles. The Morgan fingerprint density at radius 1 is 0.304 bits per heavy atom. The molecule has 8 aromatic carbocycles. The highest BCUT2D eigenvalue weighted by Gasteiger charge is 2.24. The third-order valence-corrected chi connectivity index (χ3v) is 9.47. The van der Waals surface area contributed by atoms with E-state index in [9.17, 15) is 0 Å². The van der Waals surface area contributed by atoms with Crippen LogP contribution < -0.4 is 0 Å². The van der Waals surface area contributed by atoms with Gasteiger partial charge in [-0.3, -0.25) is 0 Å². The summed E-state index contributed by atoms with van der Waals surface area (Å²) in [6.07, 6.45) is 0. The van der Waals surface area contributed by atoms with Crippen LogP contribution in [0.2, 0.25) is 0 Å². The Morgan fingerprint density at radius 3 is 1.39 bits per heavy atom. The molecule has 10 aromatic rings. The van der Waals surface area contributed by atoms with Crippen molar-refractivity contribution in [1.82, 2.24) is 0 Å². The lowest BCUT2D eigenvalue weighted by Crippen LogP contribution is -1.91. The number of hydrogen-bond acceptors (Lipinski definition) is 2. The van der Waals surface area contributed by atoms with E-state index in [4.69, 9.17) is 8.83 Å². The van der Waals surface area contributed by atoms with Crippen molar-refractivity contribution in [3.05, 3.63) is 158 Å². The summed E-state index contributed by atoms with van der Waals surface area (Å²) in [6.45, 7) is 0. The van der Waals surface area contributed by atoms with Crippen LogP contribution in [-0.2, 0) is 0 Å². The van der Waals surface area contributed by atoms with Crippen molar-refractivity contribution in [2.45, 2.75) is 0 Å². The van der Waals surface area contributed by atoms with Crippen molar-refractivity contribution in [3.8, 4) is 33.4 Å². The summed E-state index contributed by atoms with van der Waals surface area (Å²) in [5, 5.41) is 9.17. The zero-order valence-electron chi connectivity index (χ0n) is 24.8. The summed E-state index contributed by atoms with van der Waals surface area (Å²) in [6, 6.07) is 55.9. The summed E-state index contributed by atoms with van der Waals surface area (Å²) < 4.78 is 13.4. The monoisotopic (exact) mass is 586 g/mol. The van der Waals surface area contributed by atoms with Crippen LogP contribution in [0.1, 0.15) is 0 Å². The Morgan fingerprint density at radius 2 is 0.761 bits per heavy atom. The quantitative estimate of drug-likeness (QED) is 0.193. The van der Waals surface area contributed by atoms with Crippen LogP contribution in [0.4, 0.5) is 0 Å². The Kier molecular flexibility index (Phi) is 5.31. The van der Waals surface area contributed by atoms with Gasteiger partial charge in [-0.25, -0.2) is 0 Å². The predicted octanol–water partition coefficient (Wildman–Crippen LogP) is 12.8. The average molecular weight is 587 g/mol. The van der Waals surface area contributed by atoms with Gasteiger partial charge in [0.1, 0.15) is 22.3 Å². The molecule has 0 bridgehead atoms. The molecule has 2 nitrogen and oxygen atoms in total. The Labute approximate surface area is 264 Å². The smallest absolute Gasteiger partial charge is 0.144 e. The fourth-order valence-electron chi connectivity index (χ4n) is 7.48. The van der Waals surface area contributed by atoms with Crippen LogP contribution in [0.15, 0.2) is 167 Å². The summed E-state index contributed by atoms with van der Waals surface area (Å²) >= 11 is 0. The topological polar surface area (TPSA) is 26.3 Å². The highest BCUT2D eigenvalue weighted by Crippen LogP contribution is 2.49. The van der Waals surface area contributed by atoms with Crippen molar-refractivity contribution in [2.75, 3.05) is 0 Å². The molecule has 0 aliphatic heterocycles. The van der Waals surface area contributed by atoms with Crippen molar-refractivity contribution >= 4 is 65.4 Å². The van der Waals surface area contributed by atoms with Crippen LogP contribution >= 0.6 is 0 Å². The Balaban J connectivity index is 1.32. The van der Waals surface area contributed by atoms with E-state index in [0.717, 1.165) is 55.0 Å². The first-order valence-corrected chi connectivity index (χ1v) is 15.7. The summed E-state index contributed by atoms with van der Waals surface area (Å²) in [4.78, 5) is 0. The van der Waals surface area contributed by atoms with Crippen molar-refractivity contribution in [2.24, 2.45) is 0 Å². The molecule has 2 heterocycles. The fraction of sp³-hybridized carbons (Fsp3) is 0. The second kappa shape index (κ2) is 9.69. The highest BCUT2D eigenvalue weighted by molar-refractivity contribution is 6.31. The summed E-state index contributed by atoms with van der Waals surface area (Å²) in [5.41, 5.74) is 10.6. The largest absolute Gasteiger partial charge is 0.456 e. The molecule has 0 saturated carbocycles. The molecular formula is C44H26O2. The molecule has 0 aliphatic rings. The number of para-hydroxylation sites is 2. The van der Waals surface area contributed by atoms with Crippen LogP contribution in [0, 0.1) is 0 Å². The van der Waals surface area contributed by atoms with E-state index in [2.05, 4.69) is 140 Å². The first-order chi connectivity index (χ1) is 22.8. The van der Waals surface area contributed by atoms with Gasteiger partial charge in [-0.05, 0) is 62.0 Å². The number of rotatable bonds is 3. The van der Waals surface area contributed by atoms with E-state index in [1.807, 2.05) is 18.2 Å². The van der Waals surface area contributed by atoms with E-state index in [1.54, 1.807) is 0 Å². The maximum atomic E-state index is 6.79. The van der Waals surface area contributed by atoms with E-state index in [0.29, 0.717) is 0 Å². The molecule has 10 rings (SSSR count). The van der Waals surface area contributed by atoms with Gasteiger partial charge in [0.15, 0.2) is 0 Å². The van der Waals surface area contributed by atoms with E-state index < -0.39 is 0 Å². The third-order valence-electron chi connectivity index (χ3n) is 9.47. The van der Waals surface area contributed by atoms with Gasteiger partial charge in [-0.15, -0.1) is 0 Å². The van der Waals surface area contributed by atoms with Crippen LogP contribution in [0.25, 0.3) is 98.8 Å². The molecule has 0 amide bonds. The molecule has 0 spiro atoms. The number of fused-ring (bicyclic) bond motifs is 9. The minimum atomic E-state index is 0.865. The van der Waals surface area contributed by atoms with Gasteiger partial charge in [0.25, 0.3) is 0 Å². The highest BCUT2D eigenvalue weighted by atomic mass is 16.3. The van der Waals surface area contributed by atoms with Crippen molar-refractivity contribution in [3.63, 3.8) is 0 Å². The van der Waals surface area contributed by atoms with Gasteiger partial charge in [-0.2, -0.15) is 0 Å². The molecule has 0 aliphatic carbocycles. The van der Waals surface area contributed by atoms with Crippen LogP contribution in [-0.4, -0.2) is 0 Å². The Bertz CT molecular complexity index is 2720. The minimum Gasteiger partial charge on any atom is -0.456 e. The first-order valence-electron chi connectivity index (χ1n) is 15.7. The molecule has 214 valence electrons. The van der Waals surface area contributed by atoms with Crippen molar-refractivity contribution < 1.29 is 8.83 Å². The molecule has 46 heavy (non-hydrogen) atoms. The molecular weight excluding hydrogens is 560 g/mol. The zero-order chi connectivity index (χ0) is 30.2. The lowest BCUT2D eigenvalue weighted by molar-refractivity contribution is 0.664.